The van der Waals surface area contributed by atoms with E-state index in [4.69, 9.17) is 10.5 Å². The van der Waals surface area contributed by atoms with Gasteiger partial charge in [-0.3, -0.25) is 9.69 Å². The van der Waals surface area contributed by atoms with Gasteiger partial charge < -0.3 is 10.5 Å². The molecule has 0 saturated carbocycles. The highest BCUT2D eigenvalue weighted by Crippen LogP contribution is 2.49. The lowest BCUT2D eigenvalue weighted by atomic mass is 9.74. The van der Waals surface area contributed by atoms with E-state index in [1.807, 2.05) is 50.2 Å². The van der Waals surface area contributed by atoms with Crippen molar-refractivity contribution in [3.05, 3.63) is 116 Å². The average Bonchev–Trinajstić information content (AvgIpc) is 2.93. The Balaban J connectivity index is 1.65. The van der Waals surface area contributed by atoms with Crippen molar-refractivity contribution >= 4 is 27.4 Å². The molecule has 1 heterocycles. The molecule has 0 aromatic heterocycles. The maximum Gasteiger partial charge on any atom is 0.418 e. The second-order valence-corrected chi connectivity index (χ2v) is 11.1. The van der Waals surface area contributed by atoms with Crippen LogP contribution in [-0.2, 0) is 17.6 Å². The third kappa shape index (κ3) is 5.36. The Hall–Kier alpha value is -4.03. The molecule has 3 aromatic rings. The number of Topliss-reactive ketones (excluding diaryl/α,β-unsaturated/α-hetero) is 1. The van der Waals surface area contributed by atoms with Gasteiger partial charge in [0.2, 0.25) is 0 Å². The molecule has 1 aliphatic heterocycles. The smallest absolute Gasteiger partial charge is 0.418 e. The summed E-state index contributed by atoms with van der Waals surface area (Å²) < 4.78 is 49.1. The summed E-state index contributed by atoms with van der Waals surface area (Å²) in [5.41, 5.74) is 9.64. The van der Waals surface area contributed by atoms with Gasteiger partial charge in [-0.2, -0.15) is 18.4 Å². The Bertz CT molecular complexity index is 1640. The summed E-state index contributed by atoms with van der Waals surface area (Å²) in [7, 11) is 0. The van der Waals surface area contributed by atoms with E-state index in [9.17, 15) is 23.2 Å². The van der Waals surface area contributed by atoms with Gasteiger partial charge in [-0.25, -0.2) is 0 Å². The fourth-order valence-corrected chi connectivity index (χ4v) is 5.92. The number of halogens is 4. The quantitative estimate of drug-likeness (QED) is 0.312. The molecule has 0 spiro atoms. The topological polar surface area (TPSA) is 79.4 Å². The highest BCUT2D eigenvalue weighted by molar-refractivity contribution is 9.10. The van der Waals surface area contributed by atoms with Crippen LogP contribution in [0.5, 0.6) is 5.75 Å². The zero-order valence-corrected chi connectivity index (χ0v) is 24.1. The molecule has 1 unspecified atom stereocenters. The monoisotopic (exact) mass is 621 g/mol. The predicted octanol–water partition coefficient (Wildman–Crippen LogP) is 7.97. The minimum absolute atomic E-state index is 0.0442. The standard InChI is InChI=1S/C32H27BrF3N3O2/c1-18-14-19(2)23(15-20(18)17-41-22-12-10-21(33)11-13-22)29-24(16-37)31(38)39(27-8-5-9-28(40)30(27)29)26-7-4-3-6-25(26)32(34,35)36/h3-4,6-7,10-15,29H,5,8-9,17,38H2,1-2H3. The van der Waals surface area contributed by atoms with Gasteiger partial charge in [0.1, 0.15) is 18.2 Å². The minimum atomic E-state index is -4.66. The SMILES string of the molecule is Cc1cc(C)c(C2C(C#N)=C(N)N(c3ccccc3C(F)(F)F)C3=C2C(=O)CCC3)cc1COc1ccc(Br)cc1. The normalized spacial score (nSPS) is 17.4. The van der Waals surface area contributed by atoms with E-state index in [0.717, 1.165) is 27.2 Å². The Morgan fingerprint density at radius 1 is 1.07 bits per heavy atom. The number of allylic oxidation sites excluding steroid dienone is 3. The highest BCUT2D eigenvalue weighted by Gasteiger charge is 2.43. The van der Waals surface area contributed by atoms with E-state index in [2.05, 4.69) is 22.0 Å². The number of rotatable bonds is 5. The molecule has 0 radical (unpaired) electrons. The lowest BCUT2D eigenvalue weighted by Gasteiger charge is -2.40. The van der Waals surface area contributed by atoms with Crippen LogP contribution in [0.25, 0.3) is 0 Å². The summed E-state index contributed by atoms with van der Waals surface area (Å²) in [4.78, 5) is 14.8. The van der Waals surface area contributed by atoms with Crippen molar-refractivity contribution in [1.29, 1.82) is 5.26 Å². The first-order chi connectivity index (χ1) is 19.5. The number of nitriles is 1. The fraction of sp³-hybridized carbons (Fsp3) is 0.250. The van der Waals surface area contributed by atoms with Crippen LogP contribution in [0.4, 0.5) is 18.9 Å². The van der Waals surface area contributed by atoms with E-state index < -0.39 is 17.7 Å². The molecule has 1 atom stereocenters. The van der Waals surface area contributed by atoms with E-state index in [0.29, 0.717) is 35.4 Å². The molecular weight excluding hydrogens is 595 g/mol. The Labute approximate surface area is 244 Å². The molecule has 5 nitrogen and oxygen atoms in total. The molecule has 210 valence electrons. The number of carbonyl (C=O) groups is 1. The third-order valence-electron chi connectivity index (χ3n) is 7.61. The largest absolute Gasteiger partial charge is 0.489 e. The molecule has 2 N–H and O–H groups in total. The first-order valence-corrected chi connectivity index (χ1v) is 13.9. The van der Waals surface area contributed by atoms with Crippen LogP contribution in [0.3, 0.4) is 0 Å². The number of para-hydroxylation sites is 1. The third-order valence-corrected chi connectivity index (χ3v) is 8.14. The fourth-order valence-electron chi connectivity index (χ4n) is 5.66. The summed E-state index contributed by atoms with van der Waals surface area (Å²) >= 11 is 3.41. The Morgan fingerprint density at radius 2 is 1.78 bits per heavy atom. The van der Waals surface area contributed by atoms with Crippen molar-refractivity contribution in [1.82, 2.24) is 0 Å². The number of carbonyl (C=O) groups excluding carboxylic acids is 1. The predicted molar refractivity (Wildman–Crippen MR) is 154 cm³/mol. The van der Waals surface area contributed by atoms with Gasteiger partial charge in [0.15, 0.2) is 5.78 Å². The number of alkyl halides is 3. The van der Waals surface area contributed by atoms with Gasteiger partial charge in [0.25, 0.3) is 0 Å². The molecule has 2 aliphatic rings. The van der Waals surface area contributed by atoms with Gasteiger partial charge in [-0.15, -0.1) is 0 Å². The molecule has 3 aromatic carbocycles. The van der Waals surface area contributed by atoms with Gasteiger partial charge in [0.05, 0.1) is 28.8 Å². The van der Waals surface area contributed by atoms with Crippen molar-refractivity contribution in [2.24, 2.45) is 5.73 Å². The van der Waals surface area contributed by atoms with Crippen LogP contribution in [-0.4, -0.2) is 5.78 Å². The van der Waals surface area contributed by atoms with Crippen LogP contribution in [0.15, 0.2) is 87.8 Å². The molecule has 0 saturated heterocycles. The highest BCUT2D eigenvalue weighted by atomic mass is 79.9. The van der Waals surface area contributed by atoms with E-state index in [1.54, 1.807) is 0 Å². The van der Waals surface area contributed by atoms with Gasteiger partial charge in [-0.1, -0.05) is 40.2 Å². The van der Waals surface area contributed by atoms with E-state index >= 15 is 0 Å². The Morgan fingerprint density at radius 3 is 2.46 bits per heavy atom. The lowest BCUT2D eigenvalue weighted by molar-refractivity contribution is -0.137. The molecule has 0 fully saturated rings. The first kappa shape index (κ1) is 28.5. The zero-order chi connectivity index (χ0) is 29.5. The minimum Gasteiger partial charge on any atom is -0.489 e. The van der Waals surface area contributed by atoms with Gasteiger partial charge >= 0.3 is 6.18 Å². The van der Waals surface area contributed by atoms with Crippen molar-refractivity contribution in [3.63, 3.8) is 0 Å². The summed E-state index contributed by atoms with van der Waals surface area (Å²) in [5.74, 6) is -0.418. The molecule has 41 heavy (non-hydrogen) atoms. The number of nitrogens with zero attached hydrogens (tertiary/aromatic N) is 2. The number of benzene rings is 3. The first-order valence-electron chi connectivity index (χ1n) is 13.1. The molecule has 1 aliphatic carbocycles. The summed E-state index contributed by atoms with van der Waals surface area (Å²) in [6.45, 7) is 4.10. The second-order valence-electron chi connectivity index (χ2n) is 10.2. The van der Waals surface area contributed by atoms with E-state index in [-0.39, 0.29) is 35.9 Å². The van der Waals surface area contributed by atoms with Crippen LogP contribution in [0.2, 0.25) is 0 Å². The summed E-state index contributed by atoms with van der Waals surface area (Å²) in [5, 5.41) is 10.4. The number of hydrogen-bond acceptors (Lipinski definition) is 5. The van der Waals surface area contributed by atoms with Crippen LogP contribution in [0, 0.1) is 25.2 Å². The number of ketones is 1. The molecule has 9 heteroatoms. The maximum atomic E-state index is 14.1. The molecular formula is C32H27BrF3N3O2. The second kappa shape index (κ2) is 11.1. The van der Waals surface area contributed by atoms with Crippen LogP contribution in [0.1, 0.15) is 53.0 Å². The van der Waals surface area contributed by atoms with Crippen LogP contribution < -0.4 is 15.4 Å². The van der Waals surface area contributed by atoms with Crippen molar-refractivity contribution in [3.8, 4) is 11.8 Å². The number of nitrogens with two attached hydrogens (primary N) is 1. The Kier molecular flexibility index (Phi) is 7.71. The number of anilines is 1. The van der Waals surface area contributed by atoms with Gasteiger partial charge in [-0.05, 0) is 85.3 Å². The molecule has 5 rings (SSSR count). The van der Waals surface area contributed by atoms with Crippen molar-refractivity contribution < 1.29 is 22.7 Å². The number of ether oxygens (including phenoxy) is 1. The number of aryl methyl sites for hydroxylation is 2. The van der Waals surface area contributed by atoms with Gasteiger partial charge in [0, 0.05) is 22.2 Å². The molecule has 0 bridgehead atoms. The summed E-state index contributed by atoms with van der Waals surface area (Å²) in [6.07, 6.45) is -3.58. The number of hydrogen-bond donors (Lipinski definition) is 1. The van der Waals surface area contributed by atoms with Crippen molar-refractivity contribution in [2.45, 2.75) is 51.8 Å². The summed E-state index contributed by atoms with van der Waals surface area (Å²) in [6, 6.07) is 18.6. The molecule has 0 amide bonds. The average molecular weight is 622 g/mol. The maximum absolute atomic E-state index is 14.1. The van der Waals surface area contributed by atoms with E-state index in [1.165, 1.54) is 23.1 Å². The van der Waals surface area contributed by atoms with Crippen LogP contribution >= 0.6 is 15.9 Å². The van der Waals surface area contributed by atoms with Crippen molar-refractivity contribution in [2.75, 3.05) is 4.90 Å². The zero-order valence-electron chi connectivity index (χ0n) is 22.5. The lowest BCUT2D eigenvalue weighted by Crippen LogP contribution is -2.39.